The Morgan fingerprint density at radius 3 is 2.32 bits per heavy atom. The molecule has 0 aliphatic heterocycles. The van der Waals surface area contributed by atoms with Crippen LogP contribution in [0.2, 0.25) is 0 Å². The fourth-order valence-corrected chi connectivity index (χ4v) is 3.83. The van der Waals surface area contributed by atoms with Crippen LogP contribution in [0, 0.1) is 5.92 Å². The van der Waals surface area contributed by atoms with Crippen molar-refractivity contribution < 1.29 is 24.3 Å². The lowest BCUT2D eigenvalue weighted by Gasteiger charge is -2.25. The smallest absolute Gasteiger partial charge is 0.326 e. The van der Waals surface area contributed by atoms with Crippen molar-refractivity contribution >= 4 is 40.6 Å². The van der Waals surface area contributed by atoms with Gasteiger partial charge in [0.15, 0.2) is 5.96 Å². The number of nitrogens with one attached hydrogen (secondary N) is 4. The number of fused-ring (bicyclic) bond motifs is 1. The molecular weight excluding hydrogens is 492 g/mol. The highest BCUT2D eigenvalue weighted by Gasteiger charge is 2.30. The molecule has 0 saturated heterocycles. The van der Waals surface area contributed by atoms with Crippen LogP contribution in [0.3, 0.4) is 0 Å². The number of aromatic nitrogens is 1. The van der Waals surface area contributed by atoms with Gasteiger partial charge in [0.25, 0.3) is 0 Å². The van der Waals surface area contributed by atoms with Crippen LogP contribution in [0.4, 0.5) is 0 Å². The molecule has 0 spiro atoms. The Kier molecular flexibility index (Phi) is 11.1. The average molecular weight is 531 g/mol. The van der Waals surface area contributed by atoms with Crippen molar-refractivity contribution in [3.05, 3.63) is 36.0 Å². The number of carbonyl (C=O) groups is 4. The van der Waals surface area contributed by atoms with Crippen molar-refractivity contribution in [1.82, 2.24) is 20.9 Å². The topological polar surface area (TPSA) is 231 Å². The standard InChI is InChI=1S/C25H38N8O5/c1-13(2)20(24(37)38)33-23(36)19(11-15-12-30-18-9-5-4-7-16(15)18)32-21(34)14(3)31-22(35)17(26)8-6-10-29-25(27)28/h4-5,7,9,12-14,17,19-20,30H,6,8,10-11,26H2,1-3H3,(H,31,35)(H,32,34)(H,33,36)(H,37,38)(H4,27,28,29). The molecule has 2 rings (SSSR count). The summed E-state index contributed by atoms with van der Waals surface area (Å²) in [6, 6.07) is 3.34. The third-order valence-electron chi connectivity index (χ3n) is 6.02. The number of nitrogens with two attached hydrogens (primary N) is 3. The fourth-order valence-electron chi connectivity index (χ4n) is 3.83. The van der Waals surface area contributed by atoms with Gasteiger partial charge in [-0.05, 0) is 37.3 Å². The summed E-state index contributed by atoms with van der Waals surface area (Å²) in [6.45, 7) is 5.13. The summed E-state index contributed by atoms with van der Waals surface area (Å²) in [6.07, 6.45) is 2.60. The summed E-state index contributed by atoms with van der Waals surface area (Å²) in [5, 5.41) is 18.1. The number of benzene rings is 1. The van der Waals surface area contributed by atoms with Crippen LogP contribution in [0.5, 0.6) is 0 Å². The molecule has 3 amide bonds. The Balaban J connectivity index is 2.12. The monoisotopic (exact) mass is 530 g/mol. The van der Waals surface area contributed by atoms with Gasteiger partial charge in [-0.3, -0.25) is 19.4 Å². The third-order valence-corrected chi connectivity index (χ3v) is 6.02. The molecule has 0 fully saturated rings. The number of carboxylic acid groups (broad SMARTS) is 1. The van der Waals surface area contributed by atoms with Gasteiger partial charge in [0, 0.05) is 30.1 Å². The molecule has 38 heavy (non-hydrogen) atoms. The number of H-pyrrole nitrogens is 1. The maximum absolute atomic E-state index is 13.2. The summed E-state index contributed by atoms with van der Waals surface area (Å²) in [5.41, 5.74) is 18.1. The summed E-state index contributed by atoms with van der Waals surface area (Å²) < 4.78 is 0. The predicted octanol–water partition coefficient (Wildman–Crippen LogP) is -0.694. The number of guanidine groups is 1. The van der Waals surface area contributed by atoms with Gasteiger partial charge in [-0.25, -0.2) is 4.79 Å². The lowest BCUT2D eigenvalue weighted by atomic mass is 10.0. The molecule has 1 heterocycles. The Morgan fingerprint density at radius 2 is 1.68 bits per heavy atom. The van der Waals surface area contributed by atoms with Crippen molar-refractivity contribution in [2.24, 2.45) is 28.1 Å². The minimum Gasteiger partial charge on any atom is -0.480 e. The summed E-state index contributed by atoms with van der Waals surface area (Å²) >= 11 is 0. The molecule has 0 saturated carbocycles. The van der Waals surface area contributed by atoms with Crippen molar-refractivity contribution in [3.63, 3.8) is 0 Å². The van der Waals surface area contributed by atoms with Crippen LogP contribution in [0.15, 0.2) is 35.5 Å². The first kappa shape index (κ1) is 30.1. The highest BCUT2D eigenvalue weighted by Crippen LogP contribution is 2.19. The number of aliphatic carboxylic acids is 1. The van der Waals surface area contributed by atoms with Crippen LogP contribution in [-0.4, -0.2) is 70.5 Å². The SMILES string of the molecule is CC(NC(=O)C(N)CCCN=C(N)N)C(=O)NC(Cc1c[nH]c2ccccc12)C(=O)NC(C(=O)O)C(C)C. The van der Waals surface area contributed by atoms with E-state index in [0.717, 1.165) is 16.5 Å². The van der Waals surface area contributed by atoms with E-state index in [-0.39, 0.29) is 18.3 Å². The van der Waals surface area contributed by atoms with E-state index in [9.17, 15) is 24.3 Å². The number of aliphatic imine (C=N–C) groups is 1. The minimum atomic E-state index is -1.18. The zero-order valence-corrected chi connectivity index (χ0v) is 21.9. The normalized spacial score (nSPS) is 14.2. The van der Waals surface area contributed by atoms with E-state index in [2.05, 4.69) is 25.9 Å². The van der Waals surface area contributed by atoms with Crippen LogP contribution in [0.25, 0.3) is 10.9 Å². The van der Waals surface area contributed by atoms with Crippen molar-refractivity contribution in [1.29, 1.82) is 0 Å². The van der Waals surface area contributed by atoms with Gasteiger partial charge < -0.3 is 43.2 Å². The predicted molar refractivity (Wildman–Crippen MR) is 144 cm³/mol. The van der Waals surface area contributed by atoms with Gasteiger partial charge >= 0.3 is 5.97 Å². The van der Waals surface area contributed by atoms with Crippen molar-refractivity contribution in [3.8, 4) is 0 Å². The molecule has 0 aliphatic rings. The largest absolute Gasteiger partial charge is 0.480 e. The van der Waals surface area contributed by atoms with Crippen LogP contribution in [0.1, 0.15) is 39.2 Å². The molecule has 4 atom stereocenters. The van der Waals surface area contributed by atoms with Crippen molar-refractivity contribution in [2.45, 2.75) is 64.2 Å². The van der Waals surface area contributed by atoms with Gasteiger partial charge in [0.1, 0.15) is 18.1 Å². The molecule has 11 N–H and O–H groups in total. The van der Waals surface area contributed by atoms with E-state index in [1.165, 1.54) is 6.92 Å². The number of carbonyl (C=O) groups excluding carboxylic acids is 3. The quantitative estimate of drug-likeness (QED) is 0.0882. The highest BCUT2D eigenvalue weighted by atomic mass is 16.4. The lowest BCUT2D eigenvalue weighted by molar-refractivity contribution is -0.143. The zero-order valence-electron chi connectivity index (χ0n) is 21.9. The van der Waals surface area contributed by atoms with Crippen molar-refractivity contribution in [2.75, 3.05) is 6.54 Å². The minimum absolute atomic E-state index is 0.0531. The molecule has 208 valence electrons. The molecule has 13 nitrogen and oxygen atoms in total. The number of nitrogens with zero attached hydrogens (tertiary/aromatic N) is 1. The average Bonchev–Trinajstić information content (AvgIpc) is 3.26. The van der Waals surface area contributed by atoms with E-state index >= 15 is 0 Å². The van der Waals surface area contributed by atoms with Gasteiger partial charge in [-0.1, -0.05) is 32.0 Å². The van der Waals surface area contributed by atoms with Gasteiger partial charge in [-0.15, -0.1) is 0 Å². The number of hydrogen-bond acceptors (Lipinski definition) is 6. The summed E-state index contributed by atoms with van der Waals surface area (Å²) in [5.74, 6) is -3.43. The van der Waals surface area contributed by atoms with E-state index in [4.69, 9.17) is 17.2 Å². The first-order valence-corrected chi connectivity index (χ1v) is 12.4. The molecule has 2 aromatic rings. The molecule has 0 bridgehead atoms. The molecular formula is C25H38N8O5. The molecule has 0 aliphatic carbocycles. The molecule has 4 unspecified atom stereocenters. The first-order valence-electron chi connectivity index (χ1n) is 12.4. The van der Waals surface area contributed by atoms with E-state index in [1.807, 2.05) is 24.3 Å². The Bertz CT molecular complexity index is 1160. The Morgan fingerprint density at radius 1 is 1.00 bits per heavy atom. The molecule has 1 aromatic heterocycles. The first-order chi connectivity index (χ1) is 17.9. The Hall–Kier alpha value is -4.13. The zero-order chi connectivity index (χ0) is 28.4. The highest BCUT2D eigenvalue weighted by molar-refractivity contribution is 5.94. The summed E-state index contributed by atoms with van der Waals surface area (Å²) in [4.78, 5) is 57.2. The molecule has 0 radical (unpaired) electrons. The second-order valence-electron chi connectivity index (χ2n) is 9.48. The lowest BCUT2D eigenvalue weighted by Crippen LogP contribution is -2.57. The second kappa shape index (κ2) is 14.0. The van der Waals surface area contributed by atoms with Gasteiger partial charge in [0.2, 0.25) is 17.7 Å². The van der Waals surface area contributed by atoms with Gasteiger partial charge in [0.05, 0.1) is 6.04 Å². The number of para-hydroxylation sites is 1. The maximum Gasteiger partial charge on any atom is 0.326 e. The Labute approximate surface area is 221 Å². The number of rotatable bonds is 14. The van der Waals surface area contributed by atoms with E-state index in [1.54, 1.807) is 20.0 Å². The van der Waals surface area contributed by atoms with Crippen LogP contribution < -0.4 is 33.2 Å². The maximum atomic E-state index is 13.2. The molecule has 13 heteroatoms. The third kappa shape index (κ3) is 8.76. The number of carboxylic acids is 1. The van der Waals surface area contributed by atoms with E-state index < -0.39 is 47.9 Å². The van der Waals surface area contributed by atoms with Gasteiger partial charge in [-0.2, -0.15) is 0 Å². The number of amides is 3. The van der Waals surface area contributed by atoms with Crippen LogP contribution in [-0.2, 0) is 25.6 Å². The molecule has 1 aromatic carbocycles. The number of hydrogen-bond donors (Lipinski definition) is 8. The fraction of sp³-hybridized carbons (Fsp3) is 0.480. The van der Waals surface area contributed by atoms with Crippen LogP contribution >= 0.6 is 0 Å². The number of aromatic amines is 1. The van der Waals surface area contributed by atoms with E-state index in [0.29, 0.717) is 19.4 Å². The second-order valence-corrected chi connectivity index (χ2v) is 9.48. The summed E-state index contributed by atoms with van der Waals surface area (Å²) in [7, 11) is 0.